The number of ketones is 1. The van der Waals surface area contributed by atoms with E-state index < -0.39 is 0 Å². The van der Waals surface area contributed by atoms with Crippen molar-refractivity contribution in [3.8, 4) is 0 Å². The Morgan fingerprint density at radius 2 is 2.00 bits per heavy atom. The third-order valence-electron chi connectivity index (χ3n) is 3.80. The lowest BCUT2D eigenvalue weighted by molar-refractivity contribution is 0.0963. The third kappa shape index (κ3) is 1.67. The van der Waals surface area contributed by atoms with Crippen LogP contribution < -0.4 is 0 Å². The Kier molecular flexibility index (Phi) is 2.54. The first-order valence-electron chi connectivity index (χ1n) is 6.29. The topological polar surface area (TPSA) is 45.8 Å². The van der Waals surface area contributed by atoms with Crippen molar-refractivity contribution in [3.05, 3.63) is 52.3 Å². The highest BCUT2D eigenvalue weighted by Gasteiger charge is 2.30. The van der Waals surface area contributed by atoms with Crippen molar-refractivity contribution in [2.45, 2.75) is 32.6 Å². The number of Topliss-reactive ketones (excluding diaryl/α,β-unsaturated/α-hetero) is 1. The Balaban J connectivity index is 2.00. The van der Waals surface area contributed by atoms with Crippen molar-refractivity contribution in [1.29, 1.82) is 0 Å². The van der Waals surface area contributed by atoms with Crippen LogP contribution in [-0.2, 0) is 6.42 Å². The van der Waals surface area contributed by atoms with E-state index in [1.54, 1.807) is 0 Å². The van der Waals surface area contributed by atoms with Crippen molar-refractivity contribution in [2.75, 3.05) is 0 Å². The molecule has 0 saturated carbocycles. The molecule has 1 N–H and O–H groups in total. The summed E-state index contributed by atoms with van der Waals surface area (Å²) in [6.07, 6.45) is 1.45. The van der Waals surface area contributed by atoms with E-state index in [9.17, 15) is 4.79 Å². The lowest BCUT2D eigenvalue weighted by atomic mass is 9.80. The first kappa shape index (κ1) is 11.2. The summed E-state index contributed by atoms with van der Waals surface area (Å²) in [5.41, 5.74) is 5.18. The van der Waals surface area contributed by atoms with Gasteiger partial charge < -0.3 is 0 Å². The van der Waals surface area contributed by atoms with Crippen molar-refractivity contribution in [3.63, 3.8) is 0 Å². The normalized spacial score (nSPS) is 18.8. The van der Waals surface area contributed by atoms with E-state index in [4.69, 9.17) is 0 Å². The number of hydrogen-bond donors (Lipinski definition) is 1. The summed E-state index contributed by atoms with van der Waals surface area (Å²) in [5.74, 6) is 0.490. The molecule has 3 heteroatoms. The average molecular weight is 240 g/mol. The molecule has 3 nitrogen and oxygen atoms in total. The standard InChI is InChI=1S/C15H16N2O/c1-9-5-3-4-6-12(9)11-7-13-15(14(18)8-11)10(2)16-17-13/h3-6,11H,7-8H2,1-2H3,(H,16,17)/t11-/m0/s1. The number of fused-ring (bicyclic) bond motifs is 1. The highest BCUT2D eigenvalue weighted by molar-refractivity contribution is 5.99. The predicted octanol–water partition coefficient (Wildman–Crippen LogP) is 2.94. The number of rotatable bonds is 1. The Hall–Kier alpha value is -1.90. The molecule has 0 spiro atoms. The third-order valence-corrected chi connectivity index (χ3v) is 3.80. The van der Waals surface area contributed by atoms with Crippen LogP contribution in [0.4, 0.5) is 0 Å². The second kappa shape index (κ2) is 4.09. The molecule has 92 valence electrons. The van der Waals surface area contributed by atoms with Gasteiger partial charge in [-0.25, -0.2) is 0 Å². The molecular weight excluding hydrogens is 224 g/mol. The quantitative estimate of drug-likeness (QED) is 0.833. The summed E-state index contributed by atoms with van der Waals surface area (Å²) in [6, 6.07) is 8.30. The molecule has 2 aromatic rings. The molecule has 1 aliphatic rings. The van der Waals surface area contributed by atoms with Gasteiger partial charge >= 0.3 is 0 Å². The van der Waals surface area contributed by atoms with Crippen molar-refractivity contribution in [2.24, 2.45) is 0 Å². The van der Waals surface area contributed by atoms with Crippen LogP contribution in [0.15, 0.2) is 24.3 Å². The molecule has 0 fully saturated rings. The lowest BCUT2D eigenvalue weighted by Gasteiger charge is -2.22. The summed E-state index contributed by atoms with van der Waals surface area (Å²) in [7, 11) is 0. The van der Waals surface area contributed by atoms with Crippen LogP contribution in [0.25, 0.3) is 0 Å². The van der Waals surface area contributed by atoms with Crippen LogP contribution in [-0.4, -0.2) is 16.0 Å². The Morgan fingerprint density at radius 3 is 2.78 bits per heavy atom. The monoisotopic (exact) mass is 240 g/mol. The molecule has 1 atom stereocenters. The number of carbonyl (C=O) groups excluding carboxylic acids is 1. The number of aromatic amines is 1. The zero-order valence-electron chi connectivity index (χ0n) is 10.7. The summed E-state index contributed by atoms with van der Waals surface area (Å²) < 4.78 is 0. The fraction of sp³-hybridized carbons (Fsp3) is 0.333. The summed E-state index contributed by atoms with van der Waals surface area (Å²) in [4.78, 5) is 12.2. The van der Waals surface area contributed by atoms with Crippen LogP contribution in [0, 0.1) is 13.8 Å². The van der Waals surface area contributed by atoms with Crippen LogP contribution in [0.2, 0.25) is 0 Å². The molecule has 0 unspecified atom stereocenters. The number of H-pyrrole nitrogens is 1. The van der Waals surface area contributed by atoms with Gasteiger partial charge in [-0.2, -0.15) is 5.10 Å². The van der Waals surface area contributed by atoms with Gasteiger partial charge in [0.05, 0.1) is 11.3 Å². The van der Waals surface area contributed by atoms with Crippen LogP contribution in [0.1, 0.15) is 45.2 Å². The van der Waals surface area contributed by atoms with Crippen molar-refractivity contribution < 1.29 is 4.79 Å². The van der Waals surface area contributed by atoms with Crippen molar-refractivity contribution >= 4 is 5.78 Å². The zero-order valence-corrected chi connectivity index (χ0v) is 10.7. The van der Waals surface area contributed by atoms with E-state index in [2.05, 4.69) is 29.3 Å². The van der Waals surface area contributed by atoms with Gasteiger partial charge in [0.15, 0.2) is 5.78 Å². The molecule has 1 heterocycles. The Labute approximate surface area is 106 Å². The molecule has 0 radical (unpaired) electrons. The molecule has 3 rings (SSSR count). The molecule has 0 aliphatic heterocycles. The fourth-order valence-corrected chi connectivity index (χ4v) is 2.89. The second-order valence-electron chi connectivity index (χ2n) is 5.06. The maximum absolute atomic E-state index is 12.2. The van der Waals surface area contributed by atoms with Gasteiger partial charge in [-0.1, -0.05) is 24.3 Å². The van der Waals surface area contributed by atoms with Gasteiger partial charge in [-0.15, -0.1) is 0 Å². The van der Waals surface area contributed by atoms with E-state index in [1.165, 1.54) is 11.1 Å². The molecule has 0 bridgehead atoms. The Bertz CT molecular complexity index is 613. The average Bonchev–Trinajstić information content (AvgIpc) is 2.72. The number of aromatic nitrogens is 2. The molecule has 1 aliphatic carbocycles. The van der Waals surface area contributed by atoms with E-state index in [0.717, 1.165) is 23.4 Å². The van der Waals surface area contributed by atoms with Gasteiger partial charge in [-0.3, -0.25) is 9.89 Å². The molecule has 0 saturated heterocycles. The maximum atomic E-state index is 12.2. The molecular formula is C15H16N2O. The maximum Gasteiger partial charge on any atom is 0.167 e. The van der Waals surface area contributed by atoms with E-state index in [0.29, 0.717) is 6.42 Å². The number of carbonyl (C=O) groups is 1. The van der Waals surface area contributed by atoms with E-state index >= 15 is 0 Å². The van der Waals surface area contributed by atoms with E-state index in [-0.39, 0.29) is 11.7 Å². The zero-order chi connectivity index (χ0) is 12.7. The first-order valence-corrected chi connectivity index (χ1v) is 6.29. The molecule has 0 amide bonds. The number of nitrogens with zero attached hydrogens (tertiary/aromatic N) is 1. The van der Waals surface area contributed by atoms with Crippen molar-refractivity contribution in [1.82, 2.24) is 10.2 Å². The smallest absolute Gasteiger partial charge is 0.167 e. The lowest BCUT2D eigenvalue weighted by Crippen LogP contribution is -2.19. The van der Waals surface area contributed by atoms with Crippen LogP contribution in [0.3, 0.4) is 0 Å². The highest BCUT2D eigenvalue weighted by atomic mass is 16.1. The largest absolute Gasteiger partial charge is 0.294 e. The highest BCUT2D eigenvalue weighted by Crippen LogP contribution is 2.34. The minimum atomic E-state index is 0.218. The fourth-order valence-electron chi connectivity index (χ4n) is 2.89. The van der Waals surface area contributed by atoms with Crippen LogP contribution >= 0.6 is 0 Å². The van der Waals surface area contributed by atoms with Gasteiger partial charge in [0.1, 0.15) is 0 Å². The molecule has 1 aromatic heterocycles. The van der Waals surface area contributed by atoms with E-state index in [1.807, 2.05) is 19.1 Å². The SMILES string of the molecule is Cc1ccccc1[C@@H]1CC(=O)c2c(n[nH]c2C)C1. The van der Waals surface area contributed by atoms with Crippen LogP contribution in [0.5, 0.6) is 0 Å². The van der Waals surface area contributed by atoms with Gasteiger partial charge in [0, 0.05) is 12.1 Å². The first-order chi connectivity index (χ1) is 8.66. The molecule has 1 aromatic carbocycles. The summed E-state index contributed by atoms with van der Waals surface area (Å²) >= 11 is 0. The minimum absolute atomic E-state index is 0.218. The minimum Gasteiger partial charge on any atom is -0.294 e. The number of hydrogen-bond acceptors (Lipinski definition) is 2. The predicted molar refractivity (Wildman–Crippen MR) is 69.9 cm³/mol. The van der Waals surface area contributed by atoms with Gasteiger partial charge in [-0.05, 0) is 37.3 Å². The van der Waals surface area contributed by atoms with Gasteiger partial charge in [0.25, 0.3) is 0 Å². The molecule has 18 heavy (non-hydrogen) atoms. The summed E-state index contributed by atoms with van der Waals surface area (Å²) in [6.45, 7) is 4.02. The number of benzene rings is 1. The Morgan fingerprint density at radius 1 is 1.22 bits per heavy atom. The number of aryl methyl sites for hydroxylation is 2. The summed E-state index contributed by atoms with van der Waals surface area (Å²) in [5, 5.41) is 7.19. The second-order valence-corrected chi connectivity index (χ2v) is 5.06. The van der Waals surface area contributed by atoms with Gasteiger partial charge in [0.2, 0.25) is 0 Å². The number of nitrogens with one attached hydrogen (secondary N) is 1.